The van der Waals surface area contributed by atoms with Gasteiger partial charge in [-0.05, 0) is 18.4 Å². The molecule has 2 N–H and O–H groups in total. The van der Waals surface area contributed by atoms with Gasteiger partial charge < -0.3 is 10.5 Å². The third-order valence-electron chi connectivity index (χ3n) is 1.76. The van der Waals surface area contributed by atoms with Crippen LogP contribution in [0.2, 0.25) is 0 Å². The second kappa shape index (κ2) is 3.53. The summed E-state index contributed by atoms with van der Waals surface area (Å²) in [6.07, 6.45) is 2.89. The largest absolute Gasteiger partial charge is 0.402 e. The lowest BCUT2D eigenvalue weighted by Crippen LogP contribution is -2.21. The lowest BCUT2D eigenvalue weighted by atomic mass is 9.92. The fourth-order valence-electron chi connectivity index (χ4n) is 1.37. The maximum atomic E-state index is 10.9. The zero-order valence-electron chi connectivity index (χ0n) is 6.67. The molecule has 1 aliphatic carbocycles. The number of rotatable bonds is 2. The van der Waals surface area contributed by atoms with Gasteiger partial charge in [0.1, 0.15) is 0 Å². The third-order valence-corrected chi connectivity index (χ3v) is 1.76. The molecule has 11 heavy (non-hydrogen) atoms. The van der Waals surface area contributed by atoms with E-state index >= 15 is 0 Å². The number of methoxy groups -OCH3 is 1. The Bertz CT molecular complexity index is 187. The Balaban J connectivity index is 2.50. The van der Waals surface area contributed by atoms with Crippen molar-refractivity contribution in [3.05, 3.63) is 11.8 Å². The molecule has 1 rings (SSSR count). The van der Waals surface area contributed by atoms with Crippen LogP contribution in [-0.2, 0) is 9.53 Å². The van der Waals surface area contributed by atoms with Gasteiger partial charge in [-0.3, -0.25) is 4.79 Å². The molecule has 3 heteroatoms. The Morgan fingerprint density at radius 1 is 1.73 bits per heavy atom. The Hall–Kier alpha value is -0.830. The van der Waals surface area contributed by atoms with Crippen LogP contribution in [0, 0.1) is 5.92 Å². The summed E-state index contributed by atoms with van der Waals surface area (Å²) in [5.41, 5.74) is 6.21. The summed E-state index contributed by atoms with van der Waals surface area (Å²) in [7, 11) is 1.64. The summed E-state index contributed by atoms with van der Waals surface area (Å²) >= 11 is 0. The Morgan fingerprint density at radius 3 is 3.00 bits per heavy atom. The SMILES string of the molecule is COCC1CC(=O)C=C(N)C1. The third kappa shape index (κ3) is 2.35. The highest BCUT2D eigenvalue weighted by Gasteiger charge is 2.18. The molecule has 0 aromatic carbocycles. The van der Waals surface area contributed by atoms with Crippen molar-refractivity contribution in [1.29, 1.82) is 0 Å². The van der Waals surface area contributed by atoms with Crippen LogP contribution in [0.4, 0.5) is 0 Å². The number of carbonyl (C=O) groups is 1. The van der Waals surface area contributed by atoms with E-state index in [4.69, 9.17) is 10.5 Å². The van der Waals surface area contributed by atoms with Crippen LogP contribution in [0.3, 0.4) is 0 Å². The average molecular weight is 155 g/mol. The molecular formula is C8H13NO2. The van der Waals surface area contributed by atoms with Gasteiger partial charge in [-0.25, -0.2) is 0 Å². The fourth-order valence-corrected chi connectivity index (χ4v) is 1.37. The highest BCUT2D eigenvalue weighted by Crippen LogP contribution is 2.18. The molecule has 0 aliphatic heterocycles. The van der Waals surface area contributed by atoms with E-state index in [9.17, 15) is 4.79 Å². The first-order valence-electron chi connectivity index (χ1n) is 3.70. The molecule has 3 nitrogen and oxygen atoms in total. The molecule has 0 saturated carbocycles. The predicted molar refractivity (Wildman–Crippen MR) is 41.9 cm³/mol. The topological polar surface area (TPSA) is 52.3 Å². The van der Waals surface area contributed by atoms with Crippen LogP contribution in [0.15, 0.2) is 11.8 Å². The summed E-state index contributed by atoms with van der Waals surface area (Å²) < 4.78 is 4.94. The van der Waals surface area contributed by atoms with E-state index in [2.05, 4.69) is 0 Å². The van der Waals surface area contributed by atoms with Gasteiger partial charge >= 0.3 is 0 Å². The quantitative estimate of drug-likeness (QED) is 0.630. The molecule has 1 aliphatic rings. The molecule has 62 valence electrons. The van der Waals surface area contributed by atoms with E-state index in [0.29, 0.717) is 18.7 Å². The standard InChI is InChI=1S/C8H13NO2/c1-11-5-6-2-7(9)4-8(10)3-6/h4,6H,2-3,5,9H2,1H3. The van der Waals surface area contributed by atoms with Crippen molar-refractivity contribution in [2.24, 2.45) is 11.7 Å². The monoisotopic (exact) mass is 155 g/mol. The summed E-state index contributed by atoms with van der Waals surface area (Å²) in [5.74, 6) is 0.410. The van der Waals surface area contributed by atoms with Crippen molar-refractivity contribution in [2.45, 2.75) is 12.8 Å². The molecule has 0 fully saturated rings. The molecule has 0 heterocycles. The van der Waals surface area contributed by atoms with Crippen LogP contribution >= 0.6 is 0 Å². The van der Waals surface area contributed by atoms with Gasteiger partial charge in [0.15, 0.2) is 5.78 Å². The summed E-state index contributed by atoms with van der Waals surface area (Å²) in [6, 6.07) is 0. The number of allylic oxidation sites excluding steroid dienone is 2. The van der Waals surface area contributed by atoms with Crippen LogP contribution in [-0.4, -0.2) is 19.5 Å². The number of ether oxygens (including phenoxy) is 1. The molecule has 0 radical (unpaired) electrons. The number of hydrogen-bond acceptors (Lipinski definition) is 3. The highest BCUT2D eigenvalue weighted by atomic mass is 16.5. The predicted octanol–water partition coefficient (Wildman–Crippen LogP) is 0.455. The second-order valence-corrected chi connectivity index (χ2v) is 2.92. The molecular weight excluding hydrogens is 142 g/mol. The summed E-state index contributed by atoms with van der Waals surface area (Å²) in [4.78, 5) is 10.9. The maximum Gasteiger partial charge on any atom is 0.157 e. The van der Waals surface area contributed by atoms with Gasteiger partial charge in [-0.1, -0.05) is 0 Å². The van der Waals surface area contributed by atoms with E-state index in [0.717, 1.165) is 6.42 Å². The second-order valence-electron chi connectivity index (χ2n) is 2.92. The number of carbonyl (C=O) groups excluding carboxylic acids is 1. The van der Waals surface area contributed by atoms with Crippen molar-refractivity contribution in [3.8, 4) is 0 Å². The maximum absolute atomic E-state index is 10.9. The highest BCUT2D eigenvalue weighted by molar-refractivity contribution is 5.91. The van der Waals surface area contributed by atoms with Gasteiger partial charge in [-0.2, -0.15) is 0 Å². The van der Waals surface area contributed by atoms with Crippen molar-refractivity contribution in [3.63, 3.8) is 0 Å². The van der Waals surface area contributed by atoms with E-state index in [-0.39, 0.29) is 11.7 Å². The minimum atomic E-state index is 0.121. The Labute approximate surface area is 66.2 Å². The smallest absolute Gasteiger partial charge is 0.157 e. The van der Waals surface area contributed by atoms with Gasteiger partial charge in [0, 0.05) is 25.8 Å². The average Bonchev–Trinajstić information content (AvgIpc) is 1.85. The molecule has 0 saturated heterocycles. The minimum Gasteiger partial charge on any atom is -0.402 e. The van der Waals surface area contributed by atoms with Crippen molar-refractivity contribution in [2.75, 3.05) is 13.7 Å². The Morgan fingerprint density at radius 2 is 2.45 bits per heavy atom. The summed E-state index contributed by atoms with van der Waals surface area (Å²) in [6.45, 7) is 0.625. The molecule has 0 bridgehead atoms. The van der Waals surface area contributed by atoms with E-state index in [1.165, 1.54) is 6.08 Å². The molecule has 1 atom stereocenters. The van der Waals surface area contributed by atoms with E-state index in [1.807, 2.05) is 0 Å². The number of ketones is 1. The molecule has 1 unspecified atom stereocenters. The van der Waals surface area contributed by atoms with Crippen LogP contribution in [0.25, 0.3) is 0 Å². The van der Waals surface area contributed by atoms with Gasteiger partial charge in [0.05, 0.1) is 0 Å². The lowest BCUT2D eigenvalue weighted by Gasteiger charge is -2.18. The van der Waals surface area contributed by atoms with Gasteiger partial charge in [0.25, 0.3) is 0 Å². The number of nitrogens with two attached hydrogens (primary N) is 1. The first-order valence-corrected chi connectivity index (χ1v) is 3.70. The lowest BCUT2D eigenvalue weighted by molar-refractivity contribution is -0.116. The van der Waals surface area contributed by atoms with Crippen molar-refractivity contribution >= 4 is 5.78 Å². The van der Waals surface area contributed by atoms with Gasteiger partial charge in [0.2, 0.25) is 0 Å². The summed E-state index contributed by atoms with van der Waals surface area (Å²) in [5, 5.41) is 0. The zero-order chi connectivity index (χ0) is 8.27. The van der Waals surface area contributed by atoms with E-state index in [1.54, 1.807) is 7.11 Å². The molecule has 0 spiro atoms. The molecule has 0 aromatic heterocycles. The van der Waals surface area contributed by atoms with Crippen LogP contribution in [0.5, 0.6) is 0 Å². The Kier molecular flexibility index (Phi) is 2.65. The normalized spacial score (nSPS) is 25.0. The first-order chi connectivity index (χ1) is 5.22. The fraction of sp³-hybridized carbons (Fsp3) is 0.625. The van der Waals surface area contributed by atoms with Crippen molar-refractivity contribution in [1.82, 2.24) is 0 Å². The molecule has 0 aromatic rings. The van der Waals surface area contributed by atoms with Crippen LogP contribution in [0.1, 0.15) is 12.8 Å². The first kappa shape index (κ1) is 8.27. The van der Waals surface area contributed by atoms with E-state index < -0.39 is 0 Å². The van der Waals surface area contributed by atoms with Gasteiger partial charge in [-0.15, -0.1) is 0 Å². The number of hydrogen-bond donors (Lipinski definition) is 1. The molecule has 0 amide bonds. The minimum absolute atomic E-state index is 0.121. The zero-order valence-corrected chi connectivity index (χ0v) is 6.67. The van der Waals surface area contributed by atoms with Crippen LogP contribution < -0.4 is 5.73 Å². The van der Waals surface area contributed by atoms with Crippen molar-refractivity contribution < 1.29 is 9.53 Å².